The summed E-state index contributed by atoms with van der Waals surface area (Å²) >= 11 is 6.35. The molecule has 25 heavy (non-hydrogen) atoms. The van der Waals surface area contributed by atoms with E-state index < -0.39 is 5.97 Å². The number of pyridine rings is 1. The number of hydrogen-bond donors (Lipinski definition) is 1. The predicted octanol–water partition coefficient (Wildman–Crippen LogP) is 4.14. The minimum atomic E-state index is -0.773. The van der Waals surface area contributed by atoms with E-state index in [0.29, 0.717) is 34.7 Å². The van der Waals surface area contributed by atoms with Crippen molar-refractivity contribution >= 4 is 39.4 Å². The highest BCUT2D eigenvalue weighted by Gasteiger charge is 2.18. The molecule has 132 valence electrons. The number of aromatic nitrogens is 2. The quantitative estimate of drug-likeness (QED) is 0.638. The molecule has 0 bridgehead atoms. The van der Waals surface area contributed by atoms with Crippen molar-refractivity contribution in [3.63, 3.8) is 0 Å². The van der Waals surface area contributed by atoms with Crippen molar-refractivity contribution in [2.24, 2.45) is 0 Å². The molecule has 2 heterocycles. The molecule has 1 N–H and O–H groups in total. The van der Waals surface area contributed by atoms with E-state index in [0.717, 1.165) is 30.2 Å². The number of carbonyl (C=O) groups is 1. The lowest BCUT2D eigenvalue weighted by molar-refractivity contribution is -0.137. The van der Waals surface area contributed by atoms with Gasteiger partial charge < -0.3 is 14.2 Å². The van der Waals surface area contributed by atoms with Crippen molar-refractivity contribution in [2.75, 3.05) is 0 Å². The third-order valence-electron chi connectivity index (χ3n) is 4.36. The van der Waals surface area contributed by atoms with Gasteiger partial charge in [0, 0.05) is 18.4 Å². The Labute approximate surface area is 149 Å². The van der Waals surface area contributed by atoms with Crippen LogP contribution in [0.4, 0.5) is 0 Å². The fourth-order valence-electron chi connectivity index (χ4n) is 3.13. The number of unbranched alkanes of at least 4 members (excludes halogenated alkanes) is 3. The fourth-order valence-corrected chi connectivity index (χ4v) is 3.39. The molecule has 3 aromatic rings. The summed E-state index contributed by atoms with van der Waals surface area (Å²) in [5.41, 5.74) is 1.11. The first-order valence-electron chi connectivity index (χ1n) is 8.29. The molecular weight excluding hydrogens is 344 g/mol. The zero-order valence-electron chi connectivity index (χ0n) is 13.9. The topological polar surface area (TPSA) is 85.3 Å². The van der Waals surface area contributed by atoms with Gasteiger partial charge in [0.25, 0.3) is 5.56 Å². The normalized spacial score (nSPS) is 11.4. The molecular formula is C18H19ClN2O4. The molecule has 0 radical (unpaired) electrons. The van der Waals surface area contributed by atoms with Gasteiger partial charge in [-0.3, -0.25) is 9.59 Å². The first-order chi connectivity index (χ1) is 12.0. The molecule has 6 nitrogen and oxygen atoms in total. The Morgan fingerprint density at radius 1 is 1.24 bits per heavy atom. The second-order valence-electron chi connectivity index (χ2n) is 6.11. The van der Waals surface area contributed by atoms with Gasteiger partial charge in [-0.15, -0.1) is 0 Å². The standard InChI is InChI=1S/C18H19ClN2O4/c1-11-15-17(20-25-11)16-12(19)7-6-8-13(16)21(18(15)24)10-5-3-2-4-9-14(22)23/h6-8H,2-5,9-10H2,1H3,(H,22,23). The van der Waals surface area contributed by atoms with Crippen LogP contribution < -0.4 is 5.56 Å². The van der Waals surface area contributed by atoms with Crippen LogP contribution in [0.5, 0.6) is 0 Å². The molecule has 0 saturated carbocycles. The van der Waals surface area contributed by atoms with Crippen LogP contribution in [-0.2, 0) is 11.3 Å². The largest absolute Gasteiger partial charge is 0.481 e. The number of hydrogen-bond acceptors (Lipinski definition) is 4. The predicted molar refractivity (Wildman–Crippen MR) is 96.2 cm³/mol. The first-order valence-corrected chi connectivity index (χ1v) is 8.67. The molecule has 0 saturated heterocycles. The van der Waals surface area contributed by atoms with E-state index in [2.05, 4.69) is 5.16 Å². The number of benzene rings is 1. The Morgan fingerprint density at radius 2 is 2.00 bits per heavy atom. The third kappa shape index (κ3) is 3.39. The molecule has 0 aliphatic carbocycles. The van der Waals surface area contributed by atoms with Gasteiger partial charge >= 0.3 is 5.97 Å². The number of halogens is 1. The van der Waals surface area contributed by atoms with Gasteiger partial charge in [0.2, 0.25) is 0 Å². The van der Waals surface area contributed by atoms with E-state index in [1.54, 1.807) is 17.6 Å². The van der Waals surface area contributed by atoms with Crippen LogP contribution in [0.3, 0.4) is 0 Å². The number of carboxylic acid groups (broad SMARTS) is 1. The van der Waals surface area contributed by atoms with Gasteiger partial charge in [-0.25, -0.2) is 0 Å². The van der Waals surface area contributed by atoms with Crippen LogP contribution >= 0.6 is 11.6 Å². The third-order valence-corrected chi connectivity index (χ3v) is 4.68. The summed E-state index contributed by atoms with van der Waals surface area (Å²) in [5, 5.41) is 14.4. The van der Waals surface area contributed by atoms with Crippen molar-refractivity contribution in [1.29, 1.82) is 0 Å². The SMILES string of the molecule is Cc1onc2c1c(=O)n(CCCCCCC(=O)O)c1cccc(Cl)c21. The van der Waals surface area contributed by atoms with Gasteiger partial charge in [0.1, 0.15) is 16.7 Å². The van der Waals surface area contributed by atoms with E-state index in [9.17, 15) is 9.59 Å². The van der Waals surface area contributed by atoms with Crippen molar-refractivity contribution in [3.05, 3.63) is 39.3 Å². The average Bonchev–Trinajstić information content (AvgIpc) is 2.95. The average molecular weight is 363 g/mol. The highest BCUT2D eigenvalue weighted by Crippen LogP contribution is 2.30. The molecule has 3 rings (SSSR count). The summed E-state index contributed by atoms with van der Waals surface area (Å²) in [4.78, 5) is 23.4. The second-order valence-corrected chi connectivity index (χ2v) is 6.52. The van der Waals surface area contributed by atoms with E-state index >= 15 is 0 Å². The second kappa shape index (κ2) is 7.27. The molecule has 2 aromatic heterocycles. The van der Waals surface area contributed by atoms with Gasteiger partial charge in [-0.05, 0) is 31.9 Å². The zero-order valence-corrected chi connectivity index (χ0v) is 14.7. The minimum absolute atomic E-state index is 0.131. The van der Waals surface area contributed by atoms with E-state index in [1.165, 1.54) is 0 Å². The Balaban J connectivity index is 1.92. The Hall–Kier alpha value is -2.34. The lowest BCUT2D eigenvalue weighted by Crippen LogP contribution is -2.21. The molecule has 0 unspecified atom stereocenters. The van der Waals surface area contributed by atoms with Crippen molar-refractivity contribution in [2.45, 2.75) is 45.6 Å². The Kier molecular flexibility index (Phi) is 5.08. The number of aryl methyl sites for hydroxylation is 2. The van der Waals surface area contributed by atoms with Gasteiger partial charge in [-0.1, -0.05) is 35.7 Å². The van der Waals surface area contributed by atoms with Crippen LogP contribution in [0.15, 0.2) is 27.5 Å². The molecule has 0 spiro atoms. The molecule has 0 aliphatic heterocycles. The summed E-state index contributed by atoms with van der Waals surface area (Å²) < 4.78 is 6.93. The number of rotatable bonds is 7. The van der Waals surface area contributed by atoms with Crippen LogP contribution in [0.25, 0.3) is 21.8 Å². The molecule has 0 amide bonds. The summed E-state index contributed by atoms with van der Waals surface area (Å²) in [6.07, 6.45) is 3.32. The highest BCUT2D eigenvalue weighted by molar-refractivity contribution is 6.37. The smallest absolute Gasteiger partial charge is 0.303 e. The van der Waals surface area contributed by atoms with Gasteiger partial charge in [0.05, 0.1) is 10.5 Å². The lowest BCUT2D eigenvalue weighted by Gasteiger charge is -2.11. The minimum Gasteiger partial charge on any atom is -0.481 e. The molecule has 0 atom stereocenters. The van der Waals surface area contributed by atoms with Gasteiger partial charge in [-0.2, -0.15) is 0 Å². The fraction of sp³-hybridized carbons (Fsp3) is 0.389. The Bertz CT molecular complexity index is 990. The van der Waals surface area contributed by atoms with Crippen molar-refractivity contribution in [1.82, 2.24) is 9.72 Å². The lowest BCUT2D eigenvalue weighted by atomic mass is 10.1. The summed E-state index contributed by atoms with van der Waals surface area (Å²) in [7, 11) is 0. The number of aliphatic carboxylic acids is 1. The number of fused-ring (bicyclic) bond motifs is 3. The molecule has 0 aliphatic rings. The maximum absolute atomic E-state index is 12.9. The number of carboxylic acids is 1. The van der Waals surface area contributed by atoms with Crippen LogP contribution in [0.1, 0.15) is 37.9 Å². The van der Waals surface area contributed by atoms with E-state index in [4.69, 9.17) is 21.2 Å². The first kappa shape index (κ1) is 17.5. The van der Waals surface area contributed by atoms with Crippen LogP contribution in [0.2, 0.25) is 5.02 Å². The molecule has 7 heteroatoms. The summed E-state index contributed by atoms with van der Waals surface area (Å²) in [6.45, 7) is 2.26. The number of nitrogens with zero attached hydrogens (tertiary/aromatic N) is 2. The van der Waals surface area contributed by atoms with Crippen LogP contribution in [0, 0.1) is 6.92 Å². The van der Waals surface area contributed by atoms with E-state index in [1.807, 2.05) is 12.1 Å². The maximum Gasteiger partial charge on any atom is 0.303 e. The highest BCUT2D eigenvalue weighted by atomic mass is 35.5. The molecule has 1 aromatic carbocycles. The zero-order chi connectivity index (χ0) is 18.0. The van der Waals surface area contributed by atoms with E-state index in [-0.39, 0.29) is 12.0 Å². The monoisotopic (exact) mass is 362 g/mol. The Morgan fingerprint density at radius 3 is 2.76 bits per heavy atom. The van der Waals surface area contributed by atoms with Crippen molar-refractivity contribution in [3.8, 4) is 0 Å². The maximum atomic E-state index is 12.9. The molecule has 0 fully saturated rings. The van der Waals surface area contributed by atoms with Crippen molar-refractivity contribution < 1.29 is 14.4 Å². The summed E-state index contributed by atoms with van der Waals surface area (Å²) in [6, 6.07) is 5.44. The van der Waals surface area contributed by atoms with Gasteiger partial charge in [0.15, 0.2) is 0 Å². The summed E-state index contributed by atoms with van der Waals surface area (Å²) in [5.74, 6) is -0.290. The van der Waals surface area contributed by atoms with Crippen LogP contribution in [-0.4, -0.2) is 20.8 Å².